The third kappa shape index (κ3) is 7.65. The molecule has 0 aliphatic rings. The Hall–Kier alpha value is -0.610. The summed E-state index contributed by atoms with van der Waals surface area (Å²) in [7, 11) is 3.24. The van der Waals surface area contributed by atoms with Crippen LogP contribution in [0.2, 0.25) is 0 Å². The molecule has 1 N–H and O–H groups in total. The maximum Gasteiger partial charge on any atom is 0.222 e. The van der Waals surface area contributed by atoms with E-state index in [4.69, 9.17) is 4.74 Å². The smallest absolute Gasteiger partial charge is 0.222 e. The van der Waals surface area contributed by atoms with E-state index < -0.39 is 6.10 Å². The highest BCUT2D eigenvalue weighted by Gasteiger charge is 2.17. The molecule has 0 aromatic rings. The molecule has 0 spiro atoms. The van der Waals surface area contributed by atoms with Crippen molar-refractivity contribution in [1.82, 2.24) is 4.90 Å². The lowest BCUT2D eigenvalue weighted by Crippen LogP contribution is -2.36. The lowest BCUT2D eigenvalue weighted by molar-refractivity contribution is -0.132. The molecule has 0 aliphatic carbocycles. The largest absolute Gasteiger partial charge is 0.389 e. The van der Waals surface area contributed by atoms with E-state index in [0.29, 0.717) is 13.0 Å². The Morgan fingerprint density at radius 3 is 2.44 bits per heavy atom. The van der Waals surface area contributed by atoms with Gasteiger partial charge in [0.25, 0.3) is 0 Å². The van der Waals surface area contributed by atoms with E-state index in [1.165, 1.54) is 7.11 Å². The zero-order valence-corrected chi connectivity index (χ0v) is 11.1. The maximum atomic E-state index is 11.7. The number of carbonyl (C=O) groups excluding carboxylic acids is 1. The van der Waals surface area contributed by atoms with E-state index >= 15 is 0 Å². The highest BCUT2D eigenvalue weighted by molar-refractivity contribution is 5.75. The standard InChI is InChI=1S/C12H25NO3/c1-12(2,3)7-6-11(15)13(4)8-10(14)9-16-5/h10,14H,6-9H2,1-5H3. The highest BCUT2D eigenvalue weighted by atomic mass is 16.5. The predicted octanol–water partition coefficient (Wildman–Crippen LogP) is 1.28. The van der Waals surface area contributed by atoms with E-state index in [9.17, 15) is 9.90 Å². The molecule has 0 fully saturated rings. The van der Waals surface area contributed by atoms with Crippen molar-refractivity contribution in [3.05, 3.63) is 0 Å². The Morgan fingerprint density at radius 2 is 2.00 bits per heavy atom. The number of hydrogen-bond donors (Lipinski definition) is 1. The van der Waals surface area contributed by atoms with Gasteiger partial charge in [-0.3, -0.25) is 4.79 Å². The number of rotatable bonds is 6. The third-order valence-electron chi connectivity index (χ3n) is 2.36. The van der Waals surface area contributed by atoms with Gasteiger partial charge in [0.05, 0.1) is 12.7 Å². The minimum Gasteiger partial charge on any atom is -0.389 e. The van der Waals surface area contributed by atoms with Crippen LogP contribution in [0, 0.1) is 5.41 Å². The quantitative estimate of drug-likeness (QED) is 0.749. The molecule has 4 nitrogen and oxygen atoms in total. The summed E-state index contributed by atoms with van der Waals surface area (Å²) in [6, 6.07) is 0. The molecule has 1 unspecified atom stereocenters. The van der Waals surface area contributed by atoms with E-state index in [2.05, 4.69) is 20.8 Å². The molecule has 0 bridgehead atoms. The molecule has 0 aliphatic heterocycles. The van der Waals surface area contributed by atoms with Gasteiger partial charge in [-0.2, -0.15) is 0 Å². The van der Waals surface area contributed by atoms with Gasteiger partial charge in [0.15, 0.2) is 0 Å². The number of amides is 1. The molecule has 0 saturated heterocycles. The number of aliphatic hydroxyl groups is 1. The Bertz CT molecular complexity index is 211. The van der Waals surface area contributed by atoms with Crippen molar-refractivity contribution < 1.29 is 14.6 Å². The second-order valence-corrected chi connectivity index (χ2v) is 5.44. The van der Waals surface area contributed by atoms with Crippen molar-refractivity contribution in [3.63, 3.8) is 0 Å². The third-order valence-corrected chi connectivity index (χ3v) is 2.36. The molecule has 0 rings (SSSR count). The molecule has 96 valence electrons. The van der Waals surface area contributed by atoms with Crippen LogP contribution in [0.15, 0.2) is 0 Å². The summed E-state index contributed by atoms with van der Waals surface area (Å²) in [5, 5.41) is 9.48. The van der Waals surface area contributed by atoms with Gasteiger partial charge in [0, 0.05) is 27.1 Å². The van der Waals surface area contributed by atoms with E-state index in [1.807, 2.05) is 0 Å². The molecule has 0 aromatic heterocycles. The van der Waals surface area contributed by atoms with Crippen molar-refractivity contribution in [3.8, 4) is 0 Å². The molecule has 0 aromatic carbocycles. The van der Waals surface area contributed by atoms with Crippen molar-refractivity contribution >= 4 is 5.91 Å². The van der Waals surface area contributed by atoms with Crippen LogP contribution in [0.25, 0.3) is 0 Å². The van der Waals surface area contributed by atoms with Gasteiger partial charge in [-0.25, -0.2) is 0 Å². The second-order valence-electron chi connectivity index (χ2n) is 5.44. The Labute approximate surface area is 98.6 Å². The Morgan fingerprint density at radius 1 is 1.44 bits per heavy atom. The van der Waals surface area contributed by atoms with E-state index in [-0.39, 0.29) is 17.9 Å². The van der Waals surface area contributed by atoms with Crippen LogP contribution in [0.5, 0.6) is 0 Å². The Kier molecular flexibility index (Phi) is 6.60. The summed E-state index contributed by atoms with van der Waals surface area (Å²) in [5.74, 6) is 0.0741. The summed E-state index contributed by atoms with van der Waals surface area (Å²) in [6.45, 7) is 6.92. The van der Waals surface area contributed by atoms with Gasteiger partial charge in [-0.15, -0.1) is 0 Å². The fraction of sp³-hybridized carbons (Fsp3) is 0.917. The first-order valence-corrected chi connectivity index (χ1v) is 5.67. The normalized spacial score (nSPS) is 13.6. The second kappa shape index (κ2) is 6.86. The van der Waals surface area contributed by atoms with Gasteiger partial charge < -0.3 is 14.7 Å². The minimum atomic E-state index is -0.603. The fourth-order valence-corrected chi connectivity index (χ4v) is 1.34. The fourth-order valence-electron chi connectivity index (χ4n) is 1.34. The predicted molar refractivity (Wildman–Crippen MR) is 64.2 cm³/mol. The van der Waals surface area contributed by atoms with Gasteiger partial charge in [-0.05, 0) is 11.8 Å². The van der Waals surface area contributed by atoms with Crippen molar-refractivity contribution in [2.24, 2.45) is 5.41 Å². The molecule has 0 heterocycles. The number of hydrogen-bond acceptors (Lipinski definition) is 3. The summed E-state index contributed by atoms with van der Waals surface area (Å²) < 4.78 is 4.81. The van der Waals surface area contributed by atoms with Crippen molar-refractivity contribution in [1.29, 1.82) is 0 Å². The molecule has 4 heteroatoms. The molecule has 0 saturated carbocycles. The summed E-state index contributed by atoms with van der Waals surface area (Å²) >= 11 is 0. The minimum absolute atomic E-state index is 0.0741. The number of ether oxygens (including phenoxy) is 1. The van der Waals surface area contributed by atoms with Gasteiger partial charge in [-0.1, -0.05) is 20.8 Å². The van der Waals surface area contributed by atoms with Crippen molar-refractivity contribution in [2.45, 2.75) is 39.7 Å². The lowest BCUT2D eigenvalue weighted by atomic mass is 9.90. The average Bonchev–Trinajstić information content (AvgIpc) is 2.13. The zero-order valence-electron chi connectivity index (χ0n) is 11.1. The highest BCUT2D eigenvalue weighted by Crippen LogP contribution is 2.20. The molecule has 16 heavy (non-hydrogen) atoms. The first-order chi connectivity index (χ1) is 7.26. The summed E-state index contributed by atoms with van der Waals surface area (Å²) in [5.41, 5.74) is 0.168. The van der Waals surface area contributed by atoms with Gasteiger partial charge >= 0.3 is 0 Å². The van der Waals surface area contributed by atoms with Crippen LogP contribution < -0.4 is 0 Å². The Balaban J connectivity index is 3.90. The van der Waals surface area contributed by atoms with Crippen LogP contribution in [0.1, 0.15) is 33.6 Å². The monoisotopic (exact) mass is 231 g/mol. The maximum absolute atomic E-state index is 11.7. The number of nitrogens with zero attached hydrogens (tertiary/aromatic N) is 1. The number of likely N-dealkylation sites (N-methyl/N-ethyl adjacent to an activating group) is 1. The van der Waals surface area contributed by atoms with Crippen LogP contribution >= 0.6 is 0 Å². The average molecular weight is 231 g/mol. The lowest BCUT2D eigenvalue weighted by Gasteiger charge is -2.23. The van der Waals surface area contributed by atoms with E-state index in [1.54, 1.807) is 11.9 Å². The zero-order chi connectivity index (χ0) is 12.8. The molecular formula is C12H25NO3. The summed E-state index contributed by atoms with van der Waals surface area (Å²) in [6.07, 6.45) is 0.782. The molecule has 0 radical (unpaired) electrons. The van der Waals surface area contributed by atoms with Gasteiger partial charge in [0.1, 0.15) is 0 Å². The van der Waals surface area contributed by atoms with Crippen LogP contribution in [-0.4, -0.2) is 49.3 Å². The van der Waals surface area contributed by atoms with Crippen molar-refractivity contribution in [2.75, 3.05) is 27.3 Å². The summed E-state index contributed by atoms with van der Waals surface area (Å²) in [4.78, 5) is 13.3. The number of carbonyl (C=O) groups is 1. The first kappa shape index (κ1) is 15.4. The first-order valence-electron chi connectivity index (χ1n) is 5.67. The SMILES string of the molecule is COCC(O)CN(C)C(=O)CCC(C)(C)C. The molecule has 1 atom stereocenters. The van der Waals surface area contributed by atoms with Gasteiger partial charge in [0.2, 0.25) is 5.91 Å². The van der Waals surface area contributed by atoms with Crippen LogP contribution in [0.3, 0.4) is 0 Å². The number of methoxy groups -OCH3 is 1. The topological polar surface area (TPSA) is 49.8 Å². The van der Waals surface area contributed by atoms with Crippen LogP contribution in [-0.2, 0) is 9.53 Å². The van der Waals surface area contributed by atoms with E-state index in [0.717, 1.165) is 6.42 Å². The number of aliphatic hydroxyl groups excluding tert-OH is 1. The molecular weight excluding hydrogens is 206 g/mol. The van der Waals surface area contributed by atoms with Crippen LogP contribution in [0.4, 0.5) is 0 Å². The molecule has 1 amide bonds.